The van der Waals surface area contributed by atoms with Crippen molar-refractivity contribution in [2.45, 2.75) is 45.6 Å². The molecule has 0 heterocycles. The van der Waals surface area contributed by atoms with E-state index in [0.717, 1.165) is 12.3 Å². The van der Waals surface area contributed by atoms with Gasteiger partial charge in [-0.15, -0.1) is 0 Å². The van der Waals surface area contributed by atoms with Crippen molar-refractivity contribution in [1.82, 2.24) is 0 Å². The molecule has 12 heavy (non-hydrogen) atoms. The van der Waals surface area contributed by atoms with Crippen LogP contribution in [-0.2, 0) is 4.74 Å². The minimum atomic E-state index is -0.147. The van der Waals surface area contributed by atoms with Gasteiger partial charge in [0.15, 0.2) is 0 Å². The van der Waals surface area contributed by atoms with Gasteiger partial charge < -0.3 is 10.5 Å². The van der Waals surface area contributed by atoms with E-state index in [1.807, 2.05) is 0 Å². The lowest BCUT2D eigenvalue weighted by atomic mass is 9.87. The predicted octanol–water partition coefficient (Wildman–Crippen LogP) is 2.18. The molecule has 2 N–H and O–H groups in total. The highest BCUT2D eigenvalue weighted by Crippen LogP contribution is 2.20. The summed E-state index contributed by atoms with van der Waals surface area (Å²) >= 11 is 0. The molecule has 1 unspecified atom stereocenters. The lowest BCUT2D eigenvalue weighted by molar-refractivity contribution is 0.124. The van der Waals surface area contributed by atoms with Crippen molar-refractivity contribution < 1.29 is 4.74 Å². The molecule has 74 valence electrons. The Kier molecular flexibility index (Phi) is 5.51. The SMILES string of the molecule is CCC(CC)CC(C)(N)COC. The zero-order valence-corrected chi connectivity index (χ0v) is 8.89. The Hall–Kier alpha value is -0.0800. The zero-order valence-electron chi connectivity index (χ0n) is 8.89. The number of nitrogens with two attached hydrogens (primary N) is 1. The summed E-state index contributed by atoms with van der Waals surface area (Å²) in [6, 6.07) is 0. The third kappa shape index (κ3) is 4.73. The topological polar surface area (TPSA) is 35.2 Å². The highest BCUT2D eigenvalue weighted by atomic mass is 16.5. The van der Waals surface area contributed by atoms with Gasteiger partial charge in [-0.05, 0) is 19.3 Å². The fourth-order valence-electron chi connectivity index (χ4n) is 1.63. The van der Waals surface area contributed by atoms with Crippen molar-refractivity contribution in [1.29, 1.82) is 0 Å². The zero-order chi connectivity index (χ0) is 9.61. The van der Waals surface area contributed by atoms with E-state index in [1.54, 1.807) is 7.11 Å². The third-order valence-electron chi connectivity index (χ3n) is 2.38. The molecule has 0 radical (unpaired) electrons. The van der Waals surface area contributed by atoms with Crippen molar-refractivity contribution in [3.8, 4) is 0 Å². The first-order chi connectivity index (χ1) is 5.55. The number of hydrogen-bond donors (Lipinski definition) is 1. The lowest BCUT2D eigenvalue weighted by Gasteiger charge is -2.27. The molecule has 0 fully saturated rings. The van der Waals surface area contributed by atoms with E-state index in [2.05, 4.69) is 20.8 Å². The fourth-order valence-corrected chi connectivity index (χ4v) is 1.63. The molecule has 0 aliphatic heterocycles. The minimum Gasteiger partial charge on any atom is -0.383 e. The first-order valence-electron chi connectivity index (χ1n) is 4.83. The monoisotopic (exact) mass is 173 g/mol. The molecule has 0 bridgehead atoms. The van der Waals surface area contributed by atoms with Crippen LogP contribution in [0.1, 0.15) is 40.0 Å². The summed E-state index contributed by atoms with van der Waals surface area (Å²) in [5, 5.41) is 0. The van der Waals surface area contributed by atoms with Gasteiger partial charge in [-0.2, -0.15) is 0 Å². The summed E-state index contributed by atoms with van der Waals surface area (Å²) in [5.74, 6) is 0.746. The highest BCUT2D eigenvalue weighted by Gasteiger charge is 2.21. The second-order valence-electron chi connectivity index (χ2n) is 3.97. The molecule has 1 atom stereocenters. The van der Waals surface area contributed by atoms with E-state index in [0.29, 0.717) is 6.61 Å². The quantitative estimate of drug-likeness (QED) is 0.668. The van der Waals surface area contributed by atoms with Crippen LogP contribution >= 0.6 is 0 Å². The smallest absolute Gasteiger partial charge is 0.0639 e. The summed E-state index contributed by atoms with van der Waals surface area (Å²) in [6.07, 6.45) is 3.49. The van der Waals surface area contributed by atoms with Crippen molar-refractivity contribution in [2.24, 2.45) is 11.7 Å². The standard InChI is InChI=1S/C10H23NO/c1-5-9(6-2)7-10(3,11)8-12-4/h9H,5-8,11H2,1-4H3. The first kappa shape index (κ1) is 11.9. The lowest BCUT2D eigenvalue weighted by Crippen LogP contribution is -2.42. The molecule has 0 aliphatic carbocycles. The van der Waals surface area contributed by atoms with Gasteiger partial charge >= 0.3 is 0 Å². The Balaban J connectivity index is 3.84. The highest BCUT2D eigenvalue weighted by molar-refractivity contribution is 4.80. The Labute approximate surface area is 76.5 Å². The molecule has 2 nitrogen and oxygen atoms in total. The summed E-state index contributed by atoms with van der Waals surface area (Å²) < 4.78 is 5.07. The molecule has 0 saturated heterocycles. The molecular weight excluding hydrogens is 150 g/mol. The summed E-state index contributed by atoms with van der Waals surface area (Å²) in [4.78, 5) is 0. The van der Waals surface area contributed by atoms with E-state index in [-0.39, 0.29) is 5.54 Å². The van der Waals surface area contributed by atoms with Crippen LogP contribution in [0.4, 0.5) is 0 Å². The van der Waals surface area contributed by atoms with Crippen LogP contribution in [0.3, 0.4) is 0 Å². The van der Waals surface area contributed by atoms with Crippen LogP contribution in [0.5, 0.6) is 0 Å². The third-order valence-corrected chi connectivity index (χ3v) is 2.38. The largest absolute Gasteiger partial charge is 0.383 e. The van der Waals surface area contributed by atoms with Crippen molar-refractivity contribution in [3.63, 3.8) is 0 Å². The van der Waals surface area contributed by atoms with Crippen molar-refractivity contribution >= 4 is 0 Å². The Bertz CT molecular complexity index is 108. The average Bonchev–Trinajstić information content (AvgIpc) is 2.00. The normalized spacial score (nSPS) is 16.5. The average molecular weight is 173 g/mol. The minimum absolute atomic E-state index is 0.147. The number of ether oxygens (including phenoxy) is 1. The molecule has 0 spiro atoms. The van der Waals surface area contributed by atoms with Gasteiger partial charge in [-0.25, -0.2) is 0 Å². The molecular formula is C10H23NO. The number of rotatable bonds is 6. The summed E-state index contributed by atoms with van der Waals surface area (Å²) in [6.45, 7) is 7.16. The van der Waals surface area contributed by atoms with E-state index < -0.39 is 0 Å². The van der Waals surface area contributed by atoms with E-state index >= 15 is 0 Å². The molecule has 2 heteroatoms. The van der Waals surface area contributed by atoms with Gasteiger partial charge in [0.25, 0.3) is 0 Å². The van der Waals surface area contributed by atoms with Crippen LogP contribution in [0.25, 0.3) is 0 Å². The van der Waals surface area contributed by atoms with Gasteiger partial charge in [0, 0.05) is 12.6 Å². The van der Waals surface area contributed by atoms with Crippen LogP contribution in [0.2, 0.25) is 0 Å². The van der Waals surface area contributed by atoms with Crippen molar-refractivity contribution in [3.05, 3.63) is 0 Å². The van der Waals surface area contributed by atoms with Crippen molar-refractivity contribution in [2.75, 3.05) is 13.7 Å². The summed E-state index contributed by atoms with van der Waals surface area (Å²) in [7, 11) is 1.71. The van der Waals surface area contributed by atoms with Gasteiger partial charge in [0.1, 0.15) is 0 Å². The molecule has 0 aliphatic rings. The second-order valence-corrected chi connectivity index (χ2v) is 3.97. The Morgan fingerprint density at radius 1 is 1.33 bits per heavy atom. The second kappa shape index (κ2) is 5.55. The van der Waals surface area contributed by atoms with E-state index in [1.165, 1.54) is 12.8 Å². The molecule has 0 aromatic heterocycles. The van der Waals surface area contributed by atoms with Crippen LogP contribution in [0.15, 0.2) is 0 Å². The first-order valence-corrected chi connectivity index (χ1v) is 4.83. The molecule has 0 aromatic carbocycles. The Morgan fingerprint density at radius 2 is 1.83 bits per heavy atom. The molecule has 0 aromatic rings. The molecule has 0 rings (SSSR count). The van der Waals surface area contributed by atoms with Crippen LogP contribution in [-0.4, -0.2) is 19.3 Å². The van der Waals surface area contributed by atoms with Gasteiger partial charge in [-0.3, -0.25) is 0 Å². The maximum atomic E-state index is 6.05. The molecule has 0 amide bonds. The predicted molar refractivity (Wildman–Crippen MR) is 53.2 cm³/mol. The van der Waals surface area contributed by atoms with Crippen LogP contribution < -0.4 is 5.73 Å². The maximum absolute atomic E-state index is 6.05. The van der Waals surface area contributed by atoms with Gasteiger partial charge in [0.2, 0.25) is 0 Å². The number of hydrogen-bond acceptors (Lipinski definition) is 2. The van der Waals surface area contributed by atoms with Gasteiger partial charge in [0.05, 0.1) is 6.61 Å². The molecule has 0 saturated carbocycles. The maximum Gasteiger partial charge on any atom is 0.0639 e. The van der Waals surface area contributed by atoms with Crippen LogP contribution in [0, 0.1) is 5.92 Å². The number of methoxy groups -OCH3 is 1. The van der Waals surface area contributed by atoms with E-state index in [9.17, 15) is 0 Å². The summed E-state index contributed by atoms with van der Waals surface area (Å²) in [5.41, 5.74) is 5.91. The fraction of sp³-hybridized carbons (Fsp3) is 1.00. The van der Waals surface area contributed by atoms with E-state index in [4.69, 9.17) is 10.5 Å². The Morgan fingerprint density at radius 3 is 2.17 bits per heavy atom. The van der Waals surface area contributed by atoms with Gasteiger partial charge in [-0.1, -0.05) is 26.7 Å².